The molecule has 3 rings (SSSR count). The normalized spacial score (nSPS) is 20.8. The SMILES string of the molecule is CN(C1CCCCC1)C(CN)c1ccc2c(c1)CCO2. The maximum absolute atomic E-state index is 6.08. The molecule has 1 aromatic carbocycles. The first-order chi connectivity index (χ1) is 9.79. The van der Waals surface area contributed by atoms with E-state index in [1.165, 1.54) is 43.2 Å². The van der Waals surface area contributed by atoms with Gasteiger partial charge in [-0.05, 0) is 37.1 Å². The van der Waals surface area contributed by atoms with Crippen LogP contribution >= 0.6 is 0 Å². The summed E-state index contributed by atoms with van der Waals surface area (Å²) in [5.74, 6) is 1.06. The number of hydrogen-bond donors (Lipinski definition) is 1. The molecule has 0 aromatic heterocycles. The van der Waals surface area contributed by atoms with Crippen molar-refractivity contribution in [3.05, 3.63) is 29.3 Å². The van der Waals surface area contributed by atoms with Crippen LogP contribution in [0.4, 0.5) is 0 Å². The van der Waals surface area contributed by atoms with E-state index in [1.807, 2.05) is 0 Å². The molecule has 1 unspecified atom stereocenters. The van der Waals surface area contributed by atoms with E-state index in [-0.39, 0.29) is 0 Å². The van der Waals surface area contributed by atoms with Gasteiger partial charge in [0.2, 0.25) is 0 Å². The van der Waals surface area contributed by atoms with Crippen LogP contribution in [0, 0.1) is 0 Å². The summed E-state index contributed by atoms with van der Waals surface area (Å²) in [5.41, 5.74) is 8.78. The van der Waals surface area contributed by atoms with Crippen molar-refractivity contribution in [3.63, 3.8) is 0 Å². The van der Waals surface area contributed by atoms with E-state index in [0.29, 0.717) is 18.6 Å². The third kappa shape index (κ3) is 2.70. The van der Waals surface area contributed by atoms with Crippen molar-refractivity contribution < 1.29 is 4.74 Å². The molecule has 1 fully saturated rings. The van der Waals surface area contributed by atoms with Crippen molar-refractivity contribution in [2.75, 3.05) is 20.2 Å². The molecule has 1 heterocycles. The quantitative estimate of drug-likeness (QED) is 0.917. The molecule has 0 saturated heterocycles. The predicted octanol–water partition coefficient (Wildman–Crippen LogP) is 2.89. The first-order valence-electron chi connectivity index (χ1n) is 7.97. The molecular formula is C17H26N2O. The third-order valence-electron chi connectivity index (χ3n) is 4.96. The molecular weight excluding hydrogens is 248 g/mol. The zero-order chi connectivity index (χ0) is 13.9. The van der Waals surface area contributed by atoms with Crippen molar-refractivity contribution in [2.24, 2.45) is 5.73 Å². The lowest BCUT2D eigenvalue weighted by molar-refractivity contribution is 0.140. The van der Waals surface area contributed by atoms with Crippen LogP contribution in [0.3, 0.4) is 0 Å². The van der Waals surface area contributed by atoms with Gasteiger partial charge >= 0.3 is 0 Å². The molecule has 3 nitrogen and oxygen atoms in total. The van der Waals surface area contributed by atoms with Gasteiger partial charge in [0.15, 0.2) is 0 Å². The fourth-order valence-electron chi connectivity index (χ4n) is 3.69. The Morgan fingerprint density at radius 1 is 1.30 bits per heavy atom. The molecule has 3 heteroatoms. The molecule has 20 heavy (non-hydrogen) atoms. The number of rotatable bonds is 4. The fourth-order valence-corrected chi connectivity index (χ4v) is 3.69. The van der Waals surface area contributed by atoms with Crippen molar-refractivity contribution in [1.82, 2.24) is 4.90 Å². The van der Waals surface area contributed by atoms with Crippen LogP contribution in [0.5, 0.6) is 5.75 Å². The second-order valence-electron chi connectivity index (χ2n) is 6.17. The standard InChI is InChI=1S/C17H26N2O/c1-19(15-5-3-2-4-6-15)16(12-18)13-7-8-17-14(11-13)9-10-20-17/h7-8,11,15-16H,2-6,9-10,12,18H2,1H3. The van der Waals surface area contributed by atoms with E-state index in [2.05, 4.69) is 30.1 Å². The predicted molar refractivity (Wildman–Crippen MR) is 82.1 cm³/mol. The topological polar surface area (TPSA) is 38.5 Å². The zero-order valence-corrected chi connectivity index (χ0v) is 12.5. The number of nitrogens with two attached hydrogens (primary N) is 1. The molecule has 0 amide bonds. The highest BCUT2D eigenvalue weighted by molar-refractivity contribution is 5.41. The lowest BCUT2D eigenvalue weighted by Gasteiger charge is -2.37. The lowest BCUT2D eigenvalue weighted by Crippen LogP contribution is -2.39. The van der Waals surface area contributed by atoms with Crippen LogP contribution in [-0.2, 0) is 6.42 Å². The number of ether oxygens (including phenoxy) is 1. The highest BCUT2D eigenvalue weighted by Gasteiger charge is 2.25. The molecule has 1 aliphatic heterocycles. The highest BCUT2D eigenvalue weighted by Crippen LogP contribution is 2.32. The molecule has 2 aliphatic rings. The van der Waals surface area contributed by atoms with Crippen molar-refractivity contribution in [1.29, 1.82) is 0 Å². The monoisotopic (exact) mass is 274 g/mol. The Bertz CT molecular complexity index is 454. The Kier molecular flexibility index (Phi) is 4.27. The van der Waals surface area contributed by atoms with Crippen molar-refractivity contribution in [3.8, 4) is 5.75 Å². The maximum atomic E-state index is 6.08. The second kappa shape index (κ2) is 6.15. The minimum atomic E-state index is 0.337. The Labute approximate surface area is 122 Å². The Morgan fingerprint density at radius 2 is 2.10 bits per heavy atom. The van der Waals surface area contributed by atoms with E-state index >= 15 is 0 Å². The summed E-state index contributed by atoms with van der Waals surface area (Å²) in [6, 6.07) is 7.65. The van der Waals surface area contributed by atoms with Gasteiger partial charge in [0.25, 0.3) is 0 Å². The van der Waals surface area contributed by atoms with Crippen LogP contribution < -0.4 is 10.5 Å². The van der Waals surface area contributed by atoms with E-state index in [0.717, 1.165) is 18.8 Å². The van der Waals surface area contributed by atoms with Crippen molar-refractivity contribution in [2.45, 2.75) is 50.6 Å². The Morgan fingerprint density at radius 3 is 2.85 bits per heavy atom. The third-order valence-corrected chi connectivity index (χ3v) is 4.96. The molecule has 0 bridgehead atoms. The number of nitrogens with zero attached hydrogens (tertiary/aromatic N) is 1. The number of hydrogen-bond acceptors (Lipinski definition) is 3. The molecule has 110 valence electrons. The van der Waals surface area contributed by atoms with E-state index in [1.54, 1.807) is 0 Å². The molecule has 1 atom stereocenters. The van der Waals surface area contributed by atoms with Crippen LogP contribution in [0.1, 0.15) is 49.3 Å². The Balaban J connectivity index is 1.78. The van der Waals surface area contributed by atoms with Gasteiger partial charge in [-0.15, -0.1) is 0 Å². The van der Waals surface area contributed by atoms with Crippen molar-refractivity contribution >= 4 is 0 Å². The smallest absolute Gasteiger partial charge is 0.122 e. The number of likely N-dealkylation sites (N-methyl/N-ethyl adjacent to an activating group) is 1. The van der Waals surface area contributed by atoms with E-state index < -0.39 is 0 Å². The first-order valence-corrected chi connectivity index (χ1v) is 7.97. The van der Waals surface area contributed by atoms with Gasteiger partial charge < -0.3 is 10.5 Å². The number of fused-ring (bicyclic) bond motifs is 1. The largest absolute Gasteiger partial charge is 0.493 e. The van der Waals surface area contributed by atoms with Crippen LogP contribution in [0.25, 0.3) is 0 Å². The summed E-state index contributed by atoms with van der Waals surface area (Å²) >= 11 is 0. The van der Waals surface area contributed by atoms with Gasteiger partial charge in [-0.1, -0.05) is 31.4 Å². The molecule has 0 spiro atoms. The average molecular weight is 274 g/mol. The molecule has 0 radical (unpaired) electrons. The van der Waals surface area contributed by atoms with E-state index in [4.69, 9.17) is 10.5 Å². The highest BCUT2D eigenvalue weighted by atomic mass is 16.5. The summed E-state index contributed by atoms with van der Waals surface area (Å²) < 4.78 is 5.60. The van der Waals surface area contributed by atoms with Crippen LogP contribution in [0.2, 0.25) is 0 Å². The summed E-state index contributed by atoms with van der Waals surface area (Å²) in [7, 11) is 2.25. The fraction of sp³-hybridized carbons (Fsp3) is 0.647. The van der Waals surface area contributed by atoms with Gasteiger partial charge in [0.1, 0.15) is 5.75 Å². The minimum absolute atomic E-state index is 0.337. The van der Waals surface area contributed by atoms with Gasteiger partial charge in [-0.2, -0.15) is 0 Å². The zero-order valence-electron chi connectivity index (χ0n) is 12.5. The summed E-state index contributed by atoms with van der Waals surface area (Å²) in [5, 5.41) is 0. The Hall–Kier alpha value is -1.06. The second-order valence-corrected chi connectivity index (χ2v) is 6.17. The summed E-state index contributed by atoms with van der Waals surface area (Å²) in [6.45, 7) is 1.51. The van der Waals surface area contributed by atoms with Gasteiger partial charge in [-0.25, -0.2) is 0 Å². The van der Waals surface area contributed by atoms with Gasteiger partial charge in [-0.3, -0.25) is 4.90 Å². The van der Waals surface area contributed by atoms with Gasteiger partial charge in [0, 0.05) is 25.0 Å². The summed E-state index contributed by atoms with van der Waals surface area (Å²) in [4.78, 5) is 2.51. The maximum Gasteiger partial charge on any atom is 0.122 e. The first kappa shape index (κ1) is 13.9. The summed E-state index contributed by atoms with van der Waals surface area (Å²) in [6.07, 6.45) is 7.80. The van der Waals surface area contributed by atoms with E-state index in [9.17, 15) is 0 Å². The number of benzene rings is 1. The average Bonchev–Trinajstić information content (AvgIpc) is 2.96. The molecule has 1 saturated carbocycles. The van der Waals surface area contributed by atoms with Gasteiger partial charge in [0.05, 0.1) is 6.61 Å². The lowest BCUT2D eigenvalue weighted by atomic mass is 9.92. The van der Waals surface area contributed by atoms with Crippen LogP contribution in [0.15, 0.2) is 18.2 Å². The molecule has 1 aromatic rings. The van der Waals surface area contributed by atoms with Crippen LogP contribution in [-0.4, -0.2) is 31.1 Å². The molecule has 1 aliphatic carbocycles. The minimum Gasteiger partial charge on any atom is -0.493 e. The molecule has 2 N–H and O–H groups in total.